The minimum atomic E-state index is -0.249. The normalized spacial score (nSPS) is 12.9. The first-order chi connectivity index (χ1) is 13.2. The molecule has 0 saturated carbocycles. The van der Waals surface area contributed by atoms with E-state index in [9.17, 15) is 4.79 Å². The molecule has 1 N–H and O–H groups in total. The van der Waals surface area contributed by atoms with Crippen molar-refractivity contribution >= 4 is 28.6 Å². The molecule has 0 aliphatic carbocycles. The number of hydrogen-bond acceptors (Lipinski definition) is 5. The van der Waals surface area contributed by atoms with Gasteiger partial charge in [0.1, 0.15) is 13.2 Å². The van der Waals surface area contributed by atoms with Crippen molar-refractivity contribution in [1.82, 2.24) is 4.98 Å². The van der Waals surface area contributed by atoms with Crippen molar-refractivity contribution in [2.24, 2.45) is 0 Å². The zero-order valence-corrected chi connectivity index (χ0v) is 14.8. The molecule has 6 heteroatoms. The summed E-state index contributed by atoms with van der Waals surface area (Å²) >= 11 is 0. The number of nitrogens with one attached hydrogen (secondary N) is 1. The van der Waals surface area contributed by atoms with E-state index in [1.807, 2.05) is 36.4 Å². The molecule has 1 aromatic heterocycles. The number of aromatic nitrogens is 1. The molecule has 136 valence electrons. The molecule has 2 aromatic carbocycles. The third kappa shape index (κ3) is 3.69. The van der Waals surface area contributed by atoms with Crippen LogP contribution in [0.1, 0.15) is 5.56 Å². The van der Waals surface area contributed by atoms with Gasteiger partial charge in [0.25, 0.3) is 0 Å². The predicted octanol–water partition coefficient (Wildman–Crippen LogP) is 3.67. The Morgan fingerprint density at radius 3 is 2.93 bits per heavy atom. The van der Waals surface area contributed by atoms with Gasteiger partial charge in [0.05, 0.1) is 24.5 Å². The van der Waals surface area contributed by atoms with Crippen LogP contribution in [-0.2, 0) is 4.79 Å². The predicted molar refractivity (Wildman–Crippen MR) is 103 cm³/mol. The molecule has 0 spiro atoms. The second-order valence-electron chi connectivity index (χ2n) is 5.99. The van der Waals surface area contributed by atoms with Crippen LogP contribution in [0.2, 0.25) is 0 Å². The van der Waals surface area contributed by atoms with Crippen molar-refractivity contribution in [2.45, 2.75) is 0 Å². The first-order valence-electron chi connectivity index (χ1n) is 8.54. The number of para-hydroxylation sites is 1. The largest absolute Gasteiger partial charge is 0.493 e. The molecule has 3 aromatic rings. The van der Waals surface area contributed by atoms with E-state index < -0.39 is 0 Å². The number of amides is 1. The van der Waals surface area contributed by atoms with Gasteiger partial charge in [-0.05, 0) is 35.9 Å². The van der Waals surface area contributed by atoms with Gasteiger partial charge in [-0.15, -0.1) is 0 Å². The average molecular weight is 362 g/mol. The number of benzene rings is 2. The molecule has 0 bridgehead atoms. The third-order valence-corrected chi connectivity index (χ3v) is 4.14. The fraction of sp³-hybridized carbons (Fsp3) is 0.143. The second kappa shape index (κ2) is 7.37. The molecule has 1 aliphatic rings. The van der Waals surface area contributed by atoms with Gasteiger partial charge >= 0.3 is 0 Å². The molecule has 0 fully saturated rings. The van der Waals surface area contributed by atoms with Crippen molar-refractivity contribution in [3.63, 3.8) is 0 Å². The highest BCUT2D eigenvalue weighted by molar-refractivity contribution is 6.02. The number of carbonyl (C=O) groups is 1. The number of rotatable bonds is 4. The van der Waals surface area contributed by atoms with Gasteiger partial charge in [-0.2, -0.15) is 0 Å². The van der Waals surface area contributed by atoms with Crippen molar-refractivity contribution < 1.29 is 19.0 Å². The van der Waals surface area contributed by atoms with E-state index in [1.165, 1.54) is 6.08 Å². The van der Waals surface area contributed by atoms with E-state index in [-0.39, 0.29) is 5.91 Å². The summed E-state index contributed by atoms with van der Waals surface area (Å²) in [5.41, 5.74) is 2.31. The van der Waals surface area contributed by atoms with Gasteiger partial charge in [-0.1, -0.05) is 18.2 Å². The van der Waals surface area contributed by atoms with Crippen LogP contribution in [0.4, 0.5) is 5.69 Å². The van der Waals surface area contributed by atoms with E-state index in [0.29, 0.717) is 36.1 Å². The maximum Gasteiger partial charge on any atom is 0.248 e. The number of pyridine rings is 1. The first-order valence-corrected chi connectivity index (χ1v) is 8.54. The zero-order chi connectivity index (χ0) is 18.6. The van der Waals surface area contributed by atoms with Crippen LogP contribution in [0, 0.1) is 0 Å². The molecular weight excluding hydrogens is 344 g/mol. The van der Waals surface area contributed by atoms with E-state index in [4.69, 9.17) is 14.2 Å². The minimum absolute atomic E-state index is 0.249. The lowest BCUT2D eigenvalue weighted by Gasteiger charge is -2.20. The summed E-state index contributed by atoms with van der Waals surface area (Å²) < 4.78 is 16.5. The molecule has 0 unspecified atom stereocenters. The molecule has 1 amide bonds. The maximum atomic E-state index is 12.3. The molecular formula is C21H18N2O4. The Labute approximate surface area is 156 Å². The van der Waals surface area contributed by atoms with Crippen molar-refractivity contribution in [1.29, 1.82) is 0 Å². The Bertz CT molecular complexity index is 1010. The summed E-state index contributed by atoms with van der Waals surface area (Å²) in [7, 11) is 1.57. The zero-order valence-electron chi connectivity index (χ0n) is 14.8. The molecule has 0 atom stereocenters. The van der Waals surface area contributed by atoms with E-state index in [2.05, 4.69) is 10.3 Å². The highest BCUT2D eigenvalue weighted by Gasteiger charge is 2.17. The Balaban J connectivity index is 1.51. The van der Waals surface area contributed by atoms with Crippen molar-refractivity contribution in [2.75, 3.05) is 25.6 Å². The number of ether oxygens (including phenoxy) is 3. The topological polar surface area (TPSA) is 69.7 Å². The van der Waals surface area contributed by atoms with E-state index in [1.54, 1.807) is 25.4 Å². The van der Waals surface area contributed by atoms with E-state index in [0.717, 1.165) is 16.5 Å². The van der Waals surface area contributed by atoms with Crippen LogP contribution in [0.3, 0.4) is 0 Å². The average Bonchev–Trinajstić information content (AvgIpc) is 2.71. The molecule has 27 heavy (non-hydrogen) atoms. The summed E-state index contributed by atoms with van der Waals surface area (Å²) in [5.74, 6) is 1.53. The number of methoxy groups -OCH3 is 1. The Hall–Kier alpha value is -3.54. The summed E-state index contributed by atoms with van der Waals surface area (Å²) in [6, 6.07) is 13.3. The summed E-state index contributed by atoms with van der Waals surface area (Å²) in [5, 5.41) is 3.79. The lowest BCUT2D eigenvalue weighted by atomic mass is 10.1. The number of fused-ring (bicyclic) bond motifs is 2. The van der Waals surface area contributed by atoms with Crippen LogP contribution < -0.4 is 19.5 Å². The summed E-state index contributed by atoms with van der Waals surface area (Å²) in [6.45, 7) is 0.972. The summed E-state index contributed by atoms with van der Waals surface area (Å²) in [6.07, 6.45) is 4.80. The second-order valence-corrected chi connectivity index (χ2v) is 5.99. The van der Waals surface area contributed by atoms with Crippen LogP contribution in [0.15, 0.2) is 54.7 Å². The van der Waals surface area contributed by atoms with Crippen molar-refractivity contribution in [3.05, 3.63) is 60.3 Å². The number of nitrogens with zero attached hydrogens (tertiary/aromatic N) is 1. The molecule has 0 radical (unpaired) electrons. The Morgan fingerprint density at radius 1 is 1.19 bits per heavy atom. The SMILES string of the molecule is COc1cc(/C=C/C(=O)Nc2cnc3ccccc3c2)cc2c1OCCO2. The standard InChI is InChI=1S/C21H18N2O4/c1-25-18-10-14(11-19-21(18)27-9-8-26-19)6-7-20(24)23-16-12-15-4-2-3-5-17(15)22-13-16/h2-7,10-13H,8-9H2,1H3,(H,23,24)/b7-6+. The van der Waals surface area contributed by atoms with Crippen molar-refractivity contribution in [3.8, 4) is 17.2 Å². The third-order valence-electron chi connectivity index (χ3n) is 4.14. The fourth-order valence-electron chi connectivity index (χ4n) is 2.88. The first kappa shape index (κ1) is 16.9. The quantitative estimate of drug-likeness (QED) is 0.717. The Morgan fingerprint density at radius 2 is 2.04 bits per heavy atom. The fourth-order valence-corrected chi connectivity index (χ4v) is 2.88. The number of anilines is 1. The van der Waals surface area contributed by atoms with Crippen LogP contribution in [0.5, 0.6) is 17.2 Å². The highest BCUT2D eigenvalue weighted by atomic mass is 16.6. The monoisotopic (exact) mass is 362 g/mol. The molecule has 0 saturated heterocycles. The molecule has 4 rings (SSSR count). The van der Waals surface area contributed by atoms with Gasteiger partial charge in [0.2, 0.25) is 11.7 Å². The molecule has 2 heterocycles. The van der Waals surface area contributed by atoms with Gasteiger partial charge in [-0.3, -0.25) is 9.78 Å². The van der Waals surface area contributed by atoms with Crippen LogP contribution in [0.25, 0.3) is 17.0 Å². The smallest absolute Gasteiger partial charge is 0.248 e. The van der Waals surface area contributed by atoms with Gasteiger partial charge in [0, 0.05) is 11.5 Å². The van der Waals surface area contributed by atoms with Gasteiger partial charge < -0.3 is 19.5 Å². The van der Waals surface area contributed by atoms with E-state index >= 15 is 0 Å². The lowest BCUT2D eigenvalue weighted by molar-refractivity contribution is -0.111. The molecule has 1 aliphatic heterocycles. The maximum absolute atomic E-state index is 12.3. The van der Waals surface area contributed by atoms with Crippen LogP contribution in [-0.4, -0.2) is 31.2 Å². The number of hydrogen-bond donors (Lipinski definition) is 1. The summed E-state index contributed by atoms with van der Waals surface area (Å²) in [4.78, 5) is 16.6. The van der Waals surface area contributed by atoms with Gasteiger partial charge in [-0.25, -0.2) is 0 Å². The minimum Gasteiger partial charge on any atom is -0.493 e. The highest BCUT2D eigenvalue weighted by Crippen LogP contribution is 2.40. The van der Waals surface area contributed by atoms with Crippen LogP contribution >= 0.6 is 0 Å². The number of carbonyl (C=O) groups excluding carboxylic acids is 1. The molecule has 6 nitrogen and oxygen atoms in total. The Kier molecular flexibility index (Phi) is 4.61. The lowest BCUT2D eigenvalue weighted by Crippen LogP contribution is -2.16. The van der Waals surface area contributed by atoms with Gasteiger partial charge in [0.15, 0.2) is 11.5 Å².